The molecule has 0 atom stereocenters. The van der Waals surface area contributed by atoms with Crippen molar-refractivity contribution in [2.75, 3.05) is 0 Å². The van der Waals surface area contributed by atoms with Crippen molar-refractivity contribution in [2.24, 2.45) is 5.84 Å². The summed E-state index contributed by atoms with van der Waals surface area (Å²) in [5, 5.41) is 1.20. The molecule has 0 radical (unpaired) electrons. The zero-order valence-electron chi connectivity index (χ0n) is 9.28. The Bertz CT molecular complexity index is 485. The van der Waals surface area contributed by atoms with Crippen molar-refractivity contribution in [3.63, 3.8) is 0 Å². The standard InChI is InChI=1S/C13H13N3O/c14-16(10-11-4-2-1-3-5-11)13(17)12-6-8-15-9-7-12/h1-9H,10,14H2. The summed E-state index contributed by atoms with van der Waals surface area (Å²) < 4.78 is 0. The molecule has 0 aliphatic heterocycles. The van der Waals surface area contributed by atoms with Crippen LogP contribution in [0.1, 0.15) is 15.9 Å². The minimum absolute atomic E-state index is 0.212. The van der Waals surface area contributed by atoms with Crippen molar-refractivity contribution in [3.05, 3.63) is 66.0 Å². The Morgan fingerprint density at radius 3 is 2.41 bits per heavy atom. The number of carbonyl (C=O) groups excluding carboxylic acids is 1. The maximum absolute atomic E-state index is 11.9. The van der Waals surface area contributed by atoms with Gasteiger partial charge in [-0.2, -0.15) is 0 Å². The van der Waals surface area contributed by atoms with Crippen LogP contribution < -0.4 is 5.84 Å². The highest BCUT2D eigenvalue weighted by Gasteiger charge is 2.11. The Labute approximate surface area is 99.7 Å². The second-order valence-electron chi connectivity index (χ2n) is 3.65. The quantitative estimate of drug-likeness (QED) is 0.492. The number of carbonyl (C=O) groups is 1. The van der Waals surface area contributed by atoms with Gasteiger partial charge in [0.2, 0.25) is 0 Å². The van der Waals surface area contributed by atoms with Crippen LogP contribution in [-0.4, -0.2) is 15.9 Å². The van der Waals surface area contributed by atoms with Crippen LogP contribution in [0.5, 0.6) is 0 Å². The second-order valence-corrected chi connectivity index (χ2v) is 3.65. The molecular formula is C13H13N3O. The Morgan fingerprint density at radius 1 is 1.12 bits per heavy atom. The van der Waals surface area contributed by atoms with Crippen LogP contribution in [-0.2, 0) is 6.54 Å². The molecule has 2 aromatic rings. The fourth-order valence-electron chi connectivity index (χ4n) is 1.51. The van der Waals surface area contributed by atoms with Crippen molar-refractivity contribution in [1.82, 2.24) is 9.99 Å². The Kier molecular flexibility index (Phi) is 3.47. The highest BCUT2D eigenvalue weighted by molar-refractivity contribution is 5.93. The number of benzene rings is 1. The van der Waals surface area contributed by atoms with E-state index in [0.29, 0.717) is 12.1 Å². The van der Waals surface area contributed by atoms with Crippen LogP contribution in [0.4, 0.5) is 0 Å². The van der Waals surface area contributed by atoms with Crippen molar-refractivity contribution in [2.45, 2.75) is 6.54 Å². The Hall–Kier alpha value is -2.20. The molecular weight excluding hydrogens is 214 g/mol. The van der Waals surface area contributed by atoms with E-state index >= 15 is 0 Å². The third-order valence-corrected chi connectivity index (χ3v) is 2.38. The van der Waals surface area contributed by atoms with E-state index in [1.54, 1.807) is 24.5 Å². The molecule has 0 fully saturated rings. The smallest absolute Gasteiger partial charge is 0.268 e. The summed E-state index contributed by atoms with van der Waals surface area (Å²) in [6.07, 6.45) is 3.15. The first kappa shape index (κ1) is 11.3. The molecule has 2 rings (SSSR count). The monoisotopic (exact) mass is 227 g/mol. The largest absolute Gasteiger partial charge is 0.272 e. The molecule has 2 N–H and O–H groups in total. The van der Waals surface area contributed by atoms with E-state index in [2.05, 4.69) is 4.98 Å². The molecule has 0 spiro atoms. The van der Waals surface area contributed by atoms with Crippen LogP contribution >= 0.6 is 0 Å². The van der Waals surface area contributed by atoms with Gasteiger partial charge in [0.1, 0.15) is 0 Å². The number of rotatable bonds is 3. The van der Waals surface area contributed by atoms with Crippen molar-refractivity contribution in [3.8, 4) is 0 Å². The number of aromatic nitrogens is 1. The first-order valence-corrected chi connectivity index (χ1v) is 5.28. The lowest BCUT2D eigenvalue weighted by atomic mass is 10.2. The number of hydrogen-bond acceptors (Lipinski definition) is 3. The van der Waals surface area contributed by atoms with E-state index in [9.17, 15) is 4.79 Å². The molecule has 0 unspecified atom stereocenters. The molecule has 86 valence electrons. The minimum atomic E-state index is -0.212. The van der Waals surface area contributed by atoms with Crippen LogP contribution in [0.15, 0.2) is 54.9 Å². The lowest BCUT2D eigenvalue weighted by Crippen LogP contribution is -2.36. The fourth-order valence-corrected chi connectivity index (χ4v) is 1.51. The third-order valence-electron chi connectivity index (χ3n) is 2.38. The van der Waals surface area contributed by atoms with E-state index in [4.69, 9.17) is 5.84 Å². The van der Waals surface area contributed by atoms with Gasteiger partial charge in [-0.05, 0) is 17.7 Å². The number of hydrogen-bond donors (Lipinski definition) is 1. The van der Waals surface area contributed by atoms with E-state index in [0.717, 1.165) is 5.56 Å². The van der Waals surface area contributed by atoms with E-state index < -0.39 is 0 Å². The molecule has 0 saturated heterocycles. The summed E-state index contributed by atoms with van der Waals surface area (Å²) in [7, 11) is 0. The van der Waals surface area contributed by atoms with Gasteiger partial charge in [0.25, 0.3) is 5.91 Å². The molecule has 1 aromatic heterocycles. The van der Waals surface area contributed by atoms with E-state index in [1.165, 1.54) is 5.01 Å². The van der Waals surface area contributed by atoms with Crippen LogP contribution in [0.2, 0.25) is 0 Å². The lowest BCUT2D eigenvalue weighted by Gasteiger charge is -2.16. The number of nitrogens with zero attached hydrogens (tertiary/aromatic N) is 2. The number of hydrazine groups is 1. The van der Waals surface area contributed by atoms with Gasteiger partial charge in [0, 0.05) is 18.0 Å². The van der Waals surface area contributed by atoms with Gasteiger partial charge < -0.3 is 0 Å². The average molecular weight is 227 g/mol. The van der Waals surface area contributed by atoms with Gasteiger partial charge in [-0.1, -0.05) is 30.3 Å². The van der Waals surface area contributed by atoms with Gasteiger partial charge in [-0.25, -0.2) is 5.84 Å². The van der Waals surface area contributed by atoms with Gasteiger partial charge in [0.05, 0.1) is 6.54 Å². The predicted octanol–water partition coefficient (Wildman–Crippen LogP) is 1.60. The summed E-state index contributed by atoms with van der Waals surface area (Å²) in [4.78, 5) is 15.8. The van der Waals surface area contributed by atoms with Crippen LogP contribution in [0.3, 0.4) is 0 Å². The summed E-state index contributed by atoms with van der Waals surface area (Å²) >= 11 is 0. The topological polar surface area (TPSA) is 59.2 Å². The van der Waals surface area contributed by atoms with E-state index in [1.807, 2.05) is 30.3 Å². The van der Waals surface area contributed by atoms with E-state index in [-0.39, 0.29) is 5.91 Å². The van der Waals surface area contributed by atoms with Crippen LogP contribution in [0, 0.1) is 0 Å². The molecule has 0 saturated carbocycles. The number of pyridine rings is 1. The predicted molar refractivity (Wildman–Crippen MR) is 64.7 cm³/mol. The molecule has 1 heterocycles. The maximum atomic E-state index is 11.9. The molecule has 17 heavy (non-hydrogen) atoms. The molecule has 4 nitrogen and oxygen atoms in total. The fraction of sp³-hybridized carbons (Fsp3) is 0.0769. The molecule has 0 aliphatic rings. The summed E-state index contributed by atoms with van der Waals surface area (Å²) in [5.74, 6) is 5.53. The summed E-state index contributed by atoms with van der Waals surface area (Å²) in [6.45, 7) is 0.391. The SMILES string of the molecule is NN(Cc1ccccc1)C(=O)c1ccncc1. The number of amides is 1. The second kappa shape index (κ2) is 5.23. The maximum Gasteiger partial charge on any atom is 0.268 e. The van der Waals surface area contributed by atoms with Gasteiger partial charge in [-0.3, -0.25) is 14.8 Å². The Morgan fingerprint density at radius 2 is 1.76 bits per heavy atom. The zero-order chi connectivity index (χ0) is 12.1. The average Bonchev–Trinajstić information content (AvgIpc) is 2.40. The highest BCUT2D eigenvalue weighted by Crippen LogP contribution is 2.05. The van der Waals surface area contributed by atoms with Crippen molar-refractivity contribution < 1.29 is 4.79 Å². The highest BCUT2D eigenvalue weighted by atomic mass is 16.2. The molecule has 1 amide bonds. The third kappa shape index (κ3) is 2.89. The number of nitrogens with two attached hydrogens (primary N) is 1. The summed E-state index contributed by atoms with van der Waals surface area (Å²) in [6, 6.07) is 12.9. The van der Waals surface area contributed by atoms with Gasteiger partial charge in [-0.15, -0.1) is 0 Å². The molecule has 0 aliphatic carbocycles. The summed E-state index contributed by atoms with van der Waals surface area (Å²) in [5.41, 5.74) is 1.54. The first-order chi connectivity index (χ1) is 8.27. The lowest BCUT2D eigenvalue weighted by molar-refractivity contribution is 0.0743. The molecule has 0 bridgehead atoms. The van der Waals surface area contributed by atoms with Crippen molar-refractivity contribution >= 4 is 5.91 Å². The zero-order valence-corrected chi connectivity index (χ0v) is 9.28. The first-order valence-electron chi connectivity index (χ1n) is 5.28. The minimum Gasteiger partial charge on any atom is -0.272 e. The van der Waals surface area contributed by atoms with Crippen molar-refractivity contribution in [1.29, 1.82) is 0 Å². The van der Waals surface area contributed by atoms with Crippen LogP contribution in [0.25, 0.3) is 0 Å². The van der Waals surface area contributed by atoms with Gasteiger partial charge >= 0.3 is 0 Å². The normalized spacial score (nSPS) is 9.94. The Balaban J connectivity index is 2.06. The van der Waals surface area contributed by atoms with Gasteiger partial charge in [0.15, 0.2) is 0 Å². The molecule has 4 heteroatoms. The molecule has 1 aromatic carbocycles.